The van der Waals surface area contributed by atoms with Gasteiger partial charge in [-0.25, -0.2) is 9.78 Å². The summed E-state index contributed by atoms with van der Waals surface area (Å²) < 4.78 is 4.57. The summed E-state index contributed by atoms with van der Waals surface area (Å²) in [5.74, 6) is -1.84. The van der Waals surface area contributed by atoms with Crippen LogP contribution in [0.3, 0.4) is 0 Å². The highest BCUT2D eigenvalue weighted by molar-refractivity contribution is 5.88. The first kappa shape index (κ1) is 14.9. The number of anilines is 1. The van der Waals surface area contributed by atoms with Crippen LogP contribution in [0, 0.1) is 11.8 Å². The number of hydrogen-bond acceptors (Lipinski definition) is 5. The lowest BCUT2D eigenvalue weighted by Crippen LogP contribution is -2.27. The molecule has 0 amide bonds. The van der Waals surface area contributed by atoms with Crippen LogP contribution in [0.15, 0.2) is 18.3 Å². The molecule has 1 aromatic heterocycles. The SMILES string of the molecule is COC(=O)c1cc(NCC(C(=O)O)C(C)C)ccn1. The lowest BCUT2D eigenvalue weighted by atomic mass is 9.96. The fraction of sp³-hybridized carbons (Fsp3) is 0.462. The first-order chi connectivity index (χ1) is 8.95. The minimum absolute atomic E-state index is 0.0203. The average Bonchev–Trinajstić information content (AvgIpc) is 2.37. The maximum atomic E-state index is 11.3. The second-order valence-corrected chi connectivity index (χ2v) is 4.49. The second kappa shape index (κ2) is 6.72. The molecule has 1 atom stereocenters. The molecular weight excluding hydrogens is 248 g/mol. The Labute approximate surface area is 111 Å². The number of carboxylic acids is 1. The van der Waals surface area contributed by atoms with E-state index in [0.29, 0.717) is 5.69 Å². The van der Waals surface area contributed by atoms with Crippen molar-refractivity contribution >= 4 is 17.6 Å². The molecule has 1 rings (SSSR count). The monoisotopic (exact) mass is 266 g/mol. The van der Waals surface area contributed by atoms with E-state index in [2.05, 4.69) is 15.0 Å². The number of aromatic nitrogens is 1. The smallest absolute Gasteiger partial charge is 0.356 e. The number of aliphatic carboxylic acids is 1. The summed E-state index contributed by atoms with van der Waals surface area (Å²) >= 11 is 0. The van der Waals surface area contributed by atoms with Crippen molar-refractivity contribution in [3.63, 3.8) is 0 Å². The van der Waals surface area contributed by atoms with Gasteiger partial charge in [0.05, 0.1) is 13.0 Å². The molecule has 1 heterocycles. The molecule has 0 saturated heterocycles. The van der Waals surface area contributed by atoms with E-state index in [0.717, 1.165) is 0 Å². The number of esters is 1. The van der Waals surface area contributed by atoms with Crippen LogP contribution in [0.4, 0.5) is 5.69 Å². The predicted octanol–water partition coefficient (Wildman–Crippen LogP) is 1.64. The van der Waals surface area contributed by atoms with Gasteiger partial charge in [0.1, 0.15) is 5.69 Å². The summed E-state index contributed by atoms with van der Waals surface area (Å²) in [7, 11) is 1.28. The van der Waals surface area contributed by atoms with Crippen LogP contribution in [0.25, 0.3) is 0 Å². The number of nitrogens with zero attached hydrogens (tertiary/aromatic N) is 1. The van der Waals surface area contributed by atoms with Gasteiger partial charge in [-0.1, -0.05) is 13.8 Å². The number of ether oxygens (including phenoxy) is 1. The molecule has 1 aromatic rings. The number of carbonyl (C=O) groups excluding carboxylic acids is 1. The molecule has 0 aliphatic heterocycles. The third kappa shape index (κ3) is 4.24. The van der Waals surface area contributed by atoms with Gasteiger partial charge in [0.25, 0.3) is 0 Å². The zero-order valence-corrected chi connectivity index (χ0v) is 11.2. The van der Waals surface area contributed by atoms with Crippen LogP contribution in [-0.2, 0) is 9.53 Å². The normalized spacial score (nSPS) is 12.0. The summed E-state index contributed by atoms with van der Waals surface area (Å²) in [4.78, 5) is 26.2. The average molecular weight is 266 g/mol. The van der Waals surface area contributed by atoms with Crippen molar-refractivity contribution in [3.8, 4) is 0 Å². The number of pyridine rings is 1. The highest BCUT2D eigenvalue weighted by Crippen LogP contribution is 2.14. The Kier molecular flexibility index (Phi) is 5.29. The fourth-order valence-electron chi connectivity index (χ4n) is 1.59. The third-order valence-corrected chi connectivity index (χ3v) is 2.80. The van der Waals surface area contributed by atoms with Crippen molar-refractivity contribution in [2.45, 2.75) is 13.8 Å². The molecule has 6 heteroatoms. The van der Waals surface area contributed by atoms with E-state index < -0.39 is 17.9 Å². The van der Waals surface area contributed by atoms with E-state index in [-0.39, 0.29) is 18.2 Å². The Morgan fingerprint density at radius 3 is 2.68 bits per heavy atom. The van der Waals surface area contributed by atoms with Crippen molar-refractivity contribution in [2.75, 3.05) is 19.0 Å². The summed E-state index contributed by atoms with van der Waals surface area (Å²) in [5, 5.41) is 12.1. The number of hydrogen-bond donors (Lipinski definition) is 2. The molecule has 0 aliphatic carbocycles. The molecule has 0 bridgehead atoms. The van der Waals surface area contributed by atoms with Crippen molar-refractivity contribution in [3.05, 3.63) is 24.0 Å². The van der Waals surface area contributed by atoms with Crippen LogP contribution in [0.1, 0.15) is 24.3 Å². The van der Waals surface area contributed by atoms with Gasteiger partial charge in [0.15, 0.2) is 0 Å². The van der Waals surface area contributed by atoms with Crippen molar-refractivity contribution < 1.29 is 19.4 Å². The van der Waals surface area contributed by atoms with Crippen LogP contribution < -0.4 is 5.32 Å². The maximum Gasteiger partial charge on any atom is 0.356 e. The number of rotatable bonds is 6. The molecule has 104 valence electrons. The highest BCUT2D eigenvalue weighted by atomic mass is 16.5. The van der Waals surface area contributed by atoms with Crippen molar-refractivity contribution in [2.24, 2.45) is 11.8 Å². The number of carboxylic acid groups (broad SMARTS) is 1. The molecule has 0 saturated carbocycles. The predicted molar refractivity (Wildman–Crippen MR) is 70.0 cm³/mol. The Hall–Kier alpha value is -2.11. The summed E-state index contributed by atoms with van der Waals surface area (Å²) in [6.07, 6.45) is 1.47. The van der Waals surface area contributed by atoms with E-state index in [1.807, 2.05) is 13.8 Å². The fourth-order valence-corrected chi connectivity index (χ4v) is 1.59. The van der Waals surface area contributed by atoms with Gasteiger partial charge in [-0.2, -0.15) is 0 Å². The topological polar surface area (TPSA) is 88.5 Å². The first-order valence-electron chi connectivity index (χ1n) is 5.96. The Balaban J connectivity index is 2.72. The maximum absolute atomic E-state index is 11.3. The van der Waals surface area contributed by atoms with Crippen molar-refractivity contribution in [1.29, 1.82) is 0 Å². The Morgan fingerprint density at radius 2 is 2.16 bits per heavy atom. The van der Waals surface area contributed by atoms with Gasteiger partial charge in [0, 0.05) is 18.4 Å². The molecule has 0 spiro atoms. The lowest BCUT2D eigenvalue weighted by Gasteiger charge is -2.17. The van der Waals surface area contributed by atoms with Crippen LogP contribution in [0.2, 0.25) is 0 Å². The number of methoxy groups -OCH3 is 1. The van der Waals surface area contributed by atoms with Gasteiger partial charge in [-0.05, 0) is 18.1 Å². The molecule has 0 radical (unpaired) electrons. The van der Waals surface area contributed by atoms with E-state index in [4.69, 9.17) is 5.11 Å². The molecule has 1 unspecified atom stereocenters. The van der Waals surface area contributed by atoms with Gasteiger partial charge >= 0.3 is 11.9 Å². The summed E-state index contributed by atoms with van der Waals surface area (Å²) in [6, 6.07) is 3.21. The van der Waals surface area contributed by atoms with Gasteiger partial charge < -0.3 is 15.2 Å². The molecule has 0 aromatic carbocycles. The molecule has 0 aliphatic rings. The van der Waals surface area contributed by atoms with Gasteiger partial charge in [-0.15, -0.1) is 0 Å². The molecule has 6 nitrogen and oxygen atoms in total. The quantitative estimate of drug-likeness (QED) is 0.761. The van der Waals surface area contributed by atoms with Crippen LogP contribution in [-0.4, -0.2) is 35.7 Å². The molecular formula is C13H18N2O4. The van der Waals surface area contributed by atoms with E-state index >= 15 is 0 Å². The third-order valence-electron chi connectivity index (χ3n) is 2.80. The Morgan fingerprint density at radius 1 is 1.47 bits per heavy atom. The zero-order valence-electron chi connectivity index (χ0n) is 11.2. The van der Waals surface area contributed by atoms with Crippen molar-refractivity contribution in [1.82, 2.24) is 4.98 Å². The van der Waals surface area contributed by atoms with Gasteiger partial charge in [0.2, 0.25) is 0 Å². The van der Waals surface area contributed by atoms with Gasteiger partial charge in [-0.3, -0.25) is 4.79 Å². The van der Waals surface area contributed by atoms with E-state index in [1.165, 1.54) is 19.4 Å². The highest BCUT2D eigenvalue weighted by Gasteiger charge is 2.21. The minimum Gasteiger partial charge on any atom is -0.481 e. The largest absolute Gasteiger partial charge is 0.481 e. The number of nitrogens with one attached hydrogen (secondary N) is 1. The van der Waals surface area contributed by atoms with E-state index in [9.17, 15) is 9.59 Å². The summed E-state index contributed by atoms with van der Waals surface area (Å²) in [5.41, 5.74) is 0.825. The zero-order chi connectivity index (χ0) is 14.4. The Bertz CT molecular complexity index is 460. The van der Waals surface area contributed by atoms with Crippen LogP contribution >= 0.6 is 0 Å². The lowest BCUT2D eigenvalue weighted by molar-refractivity contribution is -0.142. The second-order valence-electron chi connectivity index (χ2n) is 4.49. The summed E-state index contributed by atoms with van der Waals surface area (Å²) in [6.45, 7) is 4.00. The number of carbonyl (C=O) groups is 2. The standard InChI is InChI=1S/C13H18N2O4/c1-8(2)10(12(16)17)7-15-9-4-5-14-11(6-9)13(18)19-3/h4-6,8,10H,7H2,1-3H3,(H,14,15)(H,16,17). The molecule has 2 N–H and O–H groups in total. The molecule has 19 heavy (non-hydrogen) atoms. The van der Waals surface area contributed by atoms with Crippen LogP contribution in [0.5, 0.6) is 0 Å². The minimum atomic E-state index is -0.843. The van der Waals surface area contributed by atoms with E-state index in [1.54, 1.807) is 6.07 Å². The molecule has 0 fully saturated rings. The first-order valence-corrected chi connectivity index (χ1v) is 5.96.